The molecule has 4 aliphatic rings. The van der Waals surface area contributed by atoms with Gasteiger partial charge in [-0.1, -0.05) is 25.0 Å². The summed E-state index contributed by atoms with van der Waals surface area (Å²) in [7, 11) is -3.22. The Morgan fingerprint density at radius 2 is 1.47 bits per heavy atom. The highest BCUT2D eigenvalue weighted by Gasteiger charge is 2.38. The number of aliphatic imine (C=N–C) groups is 2. The quantitative estimate of drug-likeness (QED) is 0.137. The maximum atomic E-state index is 14.5. The Labute approximate surface area is 292 Å². The van der Waals surface area contributed by atoms with E-state index < -0.39 is 34.3 Å². The number of benzene rings is 2. The molecule has 5 unspecified atom stereocenters. The van der Waals surface area contributed by atoms with Crippen LogP contribution in [0, 0.1) is 5.82 Å². The van der Waals surface area contributed by atoms with Crippen molar-refractivity contribution in [3.05, 3.63) is 59.7 Å². The molecule has 49 heavy (non-hydrogen) atoms. The molecular formula is C34H40FN7O4S3. The van der Waals surface area contributed by atoms with Crippen LogP contribution in [0.5, 0.6) is 0 Å². The number of thioether (sulfide) groups is 2. The van der Waals surface area contributed by atoms with Crippen LogP contribution in [0.4, 0.5) is 15.8 Å². The predicted octanol–water partition coefficient (Wildman–Crippen LogP) is 4.73. The van der Waals surface area contributed by atoms with E-state index in [-0.39, 0.29) is 11.9 Å². The molecule has 11 nitrogen and oxygen atoms in total. The number of aliphatic hydroxyl groups excluding tert-OH is 2. The smallest absolute Gasteiger partial charge is 0.211 e. The number of hydrogen-bond acceptors (Lipinski definition) is 10. The first-order chi connectivity index (χ1) is 23.6. The standard InChI is InChI=1S/C34H40FN7O4S3/c1-49(45,46)42-10-9-22(15-42)37-23-8-4-5-18-12-25(38-29(18)23)33-40-27(16-47-33)31(43)32(44)28-17-48-34(41-28)26-13-19-11-20(35)14-24(30(19)39-26)36-21-6-2-3-7-21/h4-5,8,11-14,21-22,27-28,31-32,36-39,43-44H,2-3,6-7,9-10,15-17H2,1H3. The molecule has 0 bridgehead atoms. The number of anilines is 2. The maximum Gasteiger partial charge on any atom is 0.211 e. The molecule has 260 valence electrons. The van der Waals surface area contributed by atoms with Crippen LogP contribution in [-0.4, -0.2) is 110 Å². The van der Waals surface area contributed by atoms with Crippen LogP contribution in [-0.2, 0) is 10.0 Å². The Balaban J connectivity index is 0.950. The molecule has 15 heteroatoms. The molecule has 0 radical (unpaired) electrons. The van der Waals surface area contributed by atoms with Crippen molar-refractivity contribution in [3.63, 3.8) is 0 Å². The van der Waals surface area contributed by atoms with E-state index in [4.69, 9.17) is 9.98 Å². The summed E-state index contributed by atoms with van der Waals surface area (Å²) < 4.78 is 40.0. The van der Waals surface area contributed by atoms with Crippen LogP contribution in [0.2, 0.25) is 0 Å². The molecule has 4 aromatic rings. The molecule has 2 aromatic carbocycles. The Morgan fingerprint density at radius 1 is 0.857 bits per heavy atom. The number of rotatable bonds is 10. The number of hydrogen-bond donors (Lipinski definition) is 6. The number of para-hydroxylation sites is 1. The molecule has 0 spiro atoms. The minimum Gasteiger partial charge on any atom is -0.388 e. The van der Waals surface area contributed by atoms with Gasteiger partial charge in [0.15, 0.2) is 0 Å². The van der Waals surface area contributed by atoms with Crippen molar-refractivity contribution in [1.82, 2.24) is 14.3 Å². The summed E-state index contributed by atoms with van der Waals surface area (Å²) in [6.45, 7) is 0.930. The topological polar surface area (TPSA) is 158 Å². The number of nitrogens with zero attached hydrogens (tertiary/aromatic N) is 3. The van der Waals surface area contributed by atoms with Crippen LogP contribution >= 0.6 is 23.5 Å². The van der Waals surface area contributed by atoms with E-state index in [1.54, 1.807) is 6.07 Å². The van der Waals surface area contributed by atoms with E-state index in [0.717, 1.165) is 73.9 Å². The van der Waals surface area contributed by atoms with E-state index in [9.17, 15) is 23.0 Å². The average molecular weight is 726 g/mol. The number of aliphatic hydroxyl groups is 2. The van der Waals surface area contributed by atoms with Gasteiger partial charge >= 0.3 is 0 Å². The highest BCUT2D eigenvalue weighted by molar-refractivity contribution is 8.15. The predicted molar refractivity (Wildman–Crippen MR) is 198 cm³/mol. The maximum absolute atomic E-state index is 14.5. The highest BCUT2D eigenvalue weighted by Crippen LogP contribution is 2.35. The molecule has 6 N–H and O–H groups in total. The lowest BCUT2D eigenvalue weighted by molar-refractivity contribution is -0.000172. The van der Waals surface area contributed by atoms with E-state index >= 15 is 0 Å². The van der Waals surface area contributed by atoms with E-state index in [2.05, 4.69) is 20.6 Å². The molecule has 2 fully saturated rings. The van der Waals surface area contributed by atoms with Crippen molar-refractivity contribution < 1.29 is 23.0 Å². The summed E-state index contributed by atoms with van der Waals surface area (Å²) in [5.41, 5.74) is 5.01. The van der Waals surface area contributed by atoms with E-state index in [1.165, 1.54) is 53.0 Å². The lowest BCUT2D eigenvalue weighted by Gasteiger charge is -2.24. The SMILES string of the molecule is CS(=O)(=O)N1CCC(Nc2cccc3cc(C4=NC(C(O)C(O)C5CSC(c6cc7cc(F)cc(NC8CCCC8)c7[nH]6)=N5)CS4)[nH]c23)C1. The molecule has 5 atom stereocenters. The van der Waals surface area contributed by atoms with Crippen LogP contribution in [0.25, 0.3) is 21.8 Å². The van der Waals surface area contributed by atoms with Gasteiger partial charge in [0.25, 0.3) is 0 Å². The number of fused-ring (bicyclic) bond motifs is 2. The molecule has 2 aromatic heterocycles. The summed E-state index contributed by atoms with van der Waals surface area (Å²) in [6.07, 6.45) is 4.30. The minimum atomic E-state index is -3.22. The van der Waals surface area contributed by atoms with Crippen molar-refractivity contribution in [2.24, 2.45) is 9.98 Å². The summed E-state index contributed by atoms with van der Waals surface area (Å²) in [6, 6.07) is 12.3. The molecule has 0 amide bonds. The number of aromatic amines is 2. The Kier molecular flexibility index (Phi) is 8.94. The van der Waals surface area contributed by atoms with Gasteiger partial charge in [0.05, 0.1) is 52.1 Å². The summed E-state index contributed by atoms with van der Waals surface area (Å²) in [5, 5.41) is 32.8. The second-order valence-corrected chi connectivity index (χ2v) is 17.5. The number of sulfonamides is 1. The fourth-order valence-corrected chi connectivity index (χ4v) is 10.4. The number of nitrogens with one attached hydrogen (secondary N) is 4. The Hall–Kier alpha value is -3.08. The molecule has 1 saturated heterocycles. The van der Waals surface area contributed by atoms with Gasteiger partial charge in [-0.25, -0.2) is 17.1 Å². The fraction of sp³-hybridized carbons (Fsp3) is 0.471. The van der Waals surface area contributed by atoms with Gasteiger partial charge in [-0.3, -0.25) is 9.98 Å². The van der Waals surface area contributed by atoms with Crippen LogP contribution < -0.4 is 10.6 Å². The molecule has 1 aliphatic carbocycles. The molecule has 1 saturated carbocycles. The third-order valence-electron chi connectivity index (χ3n) is 9.99. The monoisotopic (exact) mass is 725 g/mol. The normalized spacial score (nSPS) is 24.9. The van der Waals surface area contributed by atoms with Gasteiger partial charge in [0.2, 0.25) is 10.0 Å². The largest absolute Gasteiger partial charge is 0.388 e. The Morgan fingerprint density at radius 3 is 2.10 bits per heavy atom. The highest BCUT2D eigenvalue weighted by atomic mass is 32.2. The minimum absolute atomic E-state index is 0.0123. The Bertz CT molecular complexity index is 2060. The molecular weight excluding hydrogens is 686 g/mol. The zero-order valence-electron chi connectivity index (χ0n) is 27.0. The second kappa shape index (κ2) is 13.2. The van der Waals surface area contributed by atoms with Crippen molar-refractivity contribution in [2.75, 3.05) is 41.5 Å². The van der Waals surface area contributed by atoms with Gasteiger partial charge in [-0.2, -0.15) is 0 Å². The van der Waals surface area contributed by atoms with E-state index in [0.29, 0.717) is 30.6 Å². The van der Waals surface area contributed by atoms with Crippen molar-refractivity contribution in [2.45, 2.75) is 68.5 Å². The van der Waals surface area contributed by atoms with E-state index in [1.807, 2.05) is 30.3 Å². The van der Waals surface area contributed by atoms with Crippen LogP contribution in [0.3, 0.4) is 0 Å². The number of aromatic nitrogens is 2. The molecule has 5 heterocycles. The van der Waals surface area contributed by atoms with Crippen molar-refractivity contribution in [3.8, 4) is 0 Å². The third kappa shape index (κ3) is 6.73. The molecule has 8 rings (SSSR count). The van der Waals surface area contributed by atoms with Gasteiger partial charge in [-0.05, 0) is 49.6 Å². The van der Waals surface area contributed by atoms with Crippen LogP contribution in [0.1, 0.15) is 43.5 Å². The first-order valence-corrected chi connectivity index (χ1v) is 20.6. The number of H-pyrrole nitrogens is 2. The lowest BCUT2D eigenvalue weighted by Crippen LogP contribution is -2.43. The second-order valence-electron chi connectivity index (χ2n) is 13.5. The van der Waals surface area contributed by atoms with Gasteiger partial charge < -0.3 is 30.8 Å². The molecule has 3 aliphatic heterocycles. The van der Waals surface area contributed by atoms with Crippen molar-refractivity contribution >= 4 is 76.8 Å². The summed E-state index contributed by atoms with van der Waals surface area (Å²) in [5.74, 6) is 0.752. The zero-order valence-corrected chi connectivity index (χ0v) is 29.5. The van der Waals surface area contributed by atoms with Gasteiger partial charge in [0, 0.05) is 47.5 Å². The summed E-state index contributed by atoms with van der Waals surface area (Å²) in [4.78, 5) is 16.5. The lowest BCUT2D eigenvalue weighted by atomic mass is 10.0. The number of halogens is 1. The van der Waals surface area contributed by atoms with Crippen molar-refractivity contribution in [1.29, 1.82) is 0 Å². The van der Waals surface area contributed by atoms with Crippen LogP contribution in [0.15, 0.2) is 52.4 Å². The fourth-order valence-electron chi connectivity index (χ4n) is 7.36. The third-order valence-corrected chi connectivity index (χ3v) is 13.5. The summed E-state index contributed by atoms with van der Waals surface area (Å²) >= 11 is 3.05. The zero-order chi connectivity index (χ0) is 33.9. The first-order valence-electron chi connectivity index (χ1n) is 16.8. The average Bonchev–Trinajstić information content (AvgIpc) is 3.90. The van der Waals surface area contributed by atoms with Gasteiger partial charge in [0.1, 0.15) is 28.1 Å². The first kappa shape index (κ1) is 33.1. The van der Waals surface area contributed by atoms with Gasteiger partial charge in [-0.15, -0.1) is 23.5 Å².